The summed E-state index contributed by atoms with van der Waals surface area (Å²) in [6.45, 7) is 5.65. The van der Waals surface area contributed by atoms with E-state index in [0.29, 0.717) is 5.06 Å². The van der Waals surface area contributed by atoms with Gasteiger partial charge in [0.15, 0.2) is 0 Å². The van der Waals surface area contributed by atoms with Crippen LogP contribution in [0.5, 0.6) is 0 Å². The van der Waals surface area contributed by atoms with E-state index in [2.05, 4.69) is 0 Å². The van der Waals surface area contributed by atoms with E-state index >= 15 is 0 Å². The van der Waals surface area contributed by atoms with E-state index in [1.165, 1.54) is 6.92 Å². The number of ether oxygens (including phenoxy) is 1. The summed E-state index contributed by atoms with van der Waals surface area (Å²) in [5, 5.41) is 9.23. The maximum atomic E-state index is 11.4. The quantitative estimate of drug-likeness (QED) is 0.423. The first-order chi connectivity index (χ1) is 8.14. The van der Waals surface area contributed by atoms with E-state index in [1.54, 1.807) is 20.8 Å². The highest BCUT2D eigenvalue weighted by atomic mass is 16.7. The van der Waals surface area contributed by atoms with Gasteiger partial charge < -0.3 is 9.84 Å². The van der Waals surface area contributed by atoms with Crippen LogP contribution in [0.25, 0.3) is 0 Å². The highest BCUT2D eigenvalue weighted by Gasteiger charge is 2.23. The molecular weight excluding hydrogens is 242 g/mol. The van der Waals surface area contributed by atoms with Crippen LogP contribution >= 0.6 is 0 Å². The number of hydrogen-bond donors (Lipinski definition) is 1. The second-order valence-corrected chi connectivity index (χ2v) is 4.67. The number of carbonyl (C=O) groups excluding carboxylic acids is 2. The fourth-order valence-corrected chi connectivity index (χ4v) is 0.869. The monoisotopic (exact) mass is 261 g/mol. The third-order valence-corrected chi connectivity index (χ3v) is 1.81. The molecule has 0 unspecified atom stereocenters. The smallest absolute Gasteiger partial charge is 0.325 e. The minimum Gasteiger partial charge on any atom is -0.480 e. The lowest BCUT2D eigenvalue weighted by molar-refractivity contribution is -0.195. The van der Waals surface area contributed by atoms with Crippen molar-refractivity contribution in [3.8, 4) is 0 Å². The summed E-state index contributed by atoms with van der Waals surface area (Å²) in [4.78, 5) is 37.7. The van der Waals surface area contributed by atoms with Crippen LogP contribution in [0.1, 0.15) is 27.7 Å². The van der Waals surface area contributed by atoms with Crippen molar-refractivity contribution >= 4 is 17.8 Å². The lowest BCUT2D eigenvalue weighted by Crippen LogP contribution is -2.35. The van der Waals surface area contributed by atoms with Crippen molar-refractivity contribution in [3.05, 3.63) is 0 Å². The van der Waals surface area contributed by atoms with Crippen molar-refractivity contribution in [3.63, 3.8) is 0 Å². The highest BCUT2D eigenvalue weighted by Crippen LogP contribution is 2.14. The van der Waals surface area contributed by atoms with E-state index < -0.39 is 29.8 Å². The number of hydroxylamine groups is 2. The fraction of sp³-hybridized carbons (Fsp3) is 0.727. The van der Waals surface area contributed by atoms with E-state index in [4.69, 9.17) is 14.7 Å². The average molecular weight is 261 g/mol. The molecule has 1 amide bonds. The molecule has 7 nitrogen and oxygen atoms in total. The van der Waals surface area contributed by atoms with Gasteiger partial charge in [-0.05, 0) is 20.8 Å². The molecule has 0 aliphatic heterocycles. The predicted molar refractivity (Wildman–Crippen MR) is 61.4 cm³/mol. The zero-order valence-electron chi connectivity index (χ0n) is 11.1. The Labute approximate surface area is 106 Å². The molecule has 0 aliphatic rings. The largest absolute Gasteiger partial charge is 0.480 e. The molecule has 0 saturated carbocycles. The van der Waals surface area contributed by atoms with Gasteiger partial charge in [-0.15, -0.1) is 0 Å². The second kappa shape index (κ2) is 6.95. The summed E-state index contributed by atoms with van der Waals surface area (Å²) in [7, 11) is 0. The molecule has 0 atom stereocenters. The zero-order valence-corrected chi connectivity index (χ0v) is 11.1. The van der Waals surface area contributed by atoms with Crippen molar-refractivity contribution in [2.75, 3.05) is 19.8 Å². The first-order valence-corrected chi connectivity index (χ1v) is 5.44. The molecule has 7 heteroatoms. The molecule has 0 aromatic heterocycles. The standard InChI is InChI=1S/C11H19NO6/c1-8(13)12(7-9(14)15)18-6-5-17-10(16)11(2,3)4/h5-7H2,1-4H3,(H,14,15). The molecule has 0 aromatic carbocycles. The van der Waals surface area contributed by atoms with Crippen LogP contribution < -0.4 is 0 Å². The SMILES string of the molecule is CC(=O)N(CC(=O)O)OCCOC(=O)C(C)(C)C. The highest BCUT2D eigenvalue weighted by molar-refractivity contribution is 5.78. The number of rotatable bonds is 6. The lowest BCUT2D eigenvalue weighted by Gasteiger charge is -2.19. The molecule has 0 radical (unpaired) electrons. The number of hydrogen-bond acceptors (Lipinski definition) is 5. The number of esters is 1. The predicted octanol–water partition coefficient (Wildman–Crippen LogP) is 0.440. The maximum Gasteiger partial charge on any atom is 0.325 e. The van der Waals surface area contributed by atoms with Gasteiger partial charge in [0.1, 0.15) is 19.8 Å². The summed E-state index contributed by atoms with van der Waals surface area (Å²) in [6.07, 6.45) is 0. The van der Waals surface area contributed by atoms with Crippen LogP contribution in [0.15, 0.2) is 0 Å². The molecule has 0 spiro atoms. The topological polar surface area (TPSA) is 93.1 Å². The molecule has 18 heavy (non-hydrogen) atoms. The van der Waals surface area contributed by atoms with Crippen LogP contribution in [0.4, 0.5) is 0 Å². The van der Waals surface area contributed by atoms with Crippen LogP contribution in [0.2, 0.25) is 0 Å². The van der Waals surface area contributed by atoms with Gasteiger partial charge in [-0.25, -0.2) is 5.06 Å². The Balaban J connectivity index is 3.98. The fourth-order valence-electron chi connectivity index (χ4n) is 0.869. The third kappa shape index (κ3) is 6.85. The Morgan fingerprint density at radius 1 is 1.17 bits per heavy atom. The Hall–Kier alpha value is -1.63. The van der Waals surface area contributed by atoms with Gasteiger partial charge in [0.05, 0.1) is 5.41 Å². The van der Waals surface area contributed by atoms with Crippen LogP contribution in [-0.4, -0.2) is 47.8 Å². The van der Waals surface area contributed by atoms with Crippen molar-refractivity contribution in [2.45, 2.75) is 27.7 Å². The van der Waals surface area contributed by atoms with E-state index in [9.17, 15) is 14.4 Å². The molecule has 0 rings (SSSR count). The van der Waals surface area contributed by atoms with Crippen LogP contribution in [0, 0.1) is 5.41 Å². The number of carboxylic acids is 1. The van der Waals surface area contributed by atoms with Crippen molar-refractivity contribution in [1.29, 1.82) is 0 Å². The summed E-state index contributed by atoms with van der Waals surface area (Å²) in [5.41, 5.74) is -0.610. The van der Waals surface area contributed by atoms with Gasteiger partial charge in [0, 0.05) is 6.92 Å². The van der Waals surface area contributed by atoms with Crippen LogP contribution in [-0.2, 0) is 24.0 Å². The van der Waals surface area contributed by atoms with E-state index in [0.717, 1.165) is 0 Å². The number of aliphatic carboxylic acids is 1. The normalized spacial score (nSPS) is 10.9. The van der Waals surface area contributed by atoms with E-state index in [1.807, 2.05) is 0 Å². The van der Waals surface area contributed by atoms with Gasteiger partial charge >= 0.3 is 11.9 Å². The molecule has 0 fully saturated rings. The Bertz CT molecular complexity index is 320. The Morgan fingerprint density at radius 2 is 1.72 bits per heavy atom. The Kier molecular flexibility index (Phi) is 6.32. The van der Waals surface area contributed by atoms with E-state index in [-0.39, 0.29) is 13.2 Å². The summed E-state index contributed by atoms with van der Waals surface area (Å²) < 4.78 is 4.89. The zero-order chi connectivity index (χ0) is 14.3. The molecular formula is C11H19NO6. The minimum atomic E-state index is -1.18. The Morgan fingerprint density at radius 3 is 2.11 bits per heavy atom. The van der Waals surface area contributed by atoms with Crippen molar-refractivity contribution in [1.82, 2.24) is 5.06 Å². The summed E-state index contributed by atoms with van der Waals surface area (Å²) >= 11 is 0. The van der Waals surface area contributed by atoms with Gasteiger partial charge in [-0.1, -0.05) is 0 Å². The van der Waals surface area contributed by atoms with Gasteiger partial charge in [-0.3, -0.25) is 19.2 Å². The summed E-state index contributed by atoms with van der Waals surface area (Å²) in [5.74, 6) is -2.10. The van der Waals surface area contributed by atoms with Crippen molar-refractivity contribution in [2.24, 2.45) is 5.41 Å². The van der Waals surface area contributed by atoms with Gasteiger partial charge in [0.25, 0.3) is 0 Å². The minimum absolute atomic E-state index is 0.0422. The average Bonchev–Trinajstić information content (AvgIpc) is 2.19. The maximum absolute atomic E-state index is 11.4. The third-order valence-electron chi connectivity index (χ3n) is 1.81. The molecule has 104 valence electrons. The molecule has 0 bridgehead atoms. The van der Waals surface area contributed by atoms with Crippen molar-refractivity contribution < 1.29 is 29.1 Å². The lowest BCUT2D eigenvalue weighted by atomic mass is 9.97. The molecule has 0 heterocycles. The number of carboxylic acid groups (broad SMARTS) is 1. The molecule has 0 aromatic rings. The van der Waals surface area contributed by atoms with Gasteiger partial charge in [0.2, 0.25) is 5.91 Å². The first kappa shape index (κ1) is 16.4. The second-order valence-electron chi connectivity index (χ2n) is 4.67. The molecule has 0 saturated heterocycles. The van der Waals surface area contributed by atoms with Gasteiger partial charge in [-0.2, -0.15) is 0 Å². The van der Waals surface area contributed by atoms with Crippen LogP contribution in [0.3, 0.4) is 0 Å². The molecule has 1 N–H and O–H groups in total. The number of amides is 1. The number of nitrogens with zero attached hydrogens (tertiary/aromatic N) is 1. The summed E-state index contributed by atoms with van der Waals surface area (Å²) in [6, 6.07) is 0. The first-order valence-electron chi connectivity index (χ1n) is 5.44. The number of carbonyl (C=O) groups is 3. The molecule has 0 aliphatic carbocycles.